The molecule has 0 spiro atoms. The minimum absolute atomic E-state index is 0.0316. The number of fused-ring (bicyclic) bond motifs is 1. The molecule has 1 amide bonds. The van der Waals surface area contributed by atoms with Crippen LogP contribution in [-0.2, 0) is 0 Å². The molecule has 1 saturated heterocycles. The molecule has 0 N–H and O–H groups in total. The van der Waals surface area contributed by atoms with Gasteiger partial charge in [0.15, 0.2) is 11.6 Å². The number of carbonyl (C=O) groups excluding carboxylic acids is 1. The second kappa shape index (κ2) is 7.23. The molecule has 1 aliphatic carbocycles. The lowest BCUT2D eigenvalue weighted by Crippen LogP contribution is -2.35. The number of likely N-dealkylation sites (tertiary alicyclic amines) is 1. The van der Waals surface area contributed by atoms with E-state index in [4.69, 9.17) is 4.74 Å². The highest BCUT2D eigenvalue weighted by atomic mass is 79.9. The largest absolute Gasteiger partial charge is 0.493 e. The zero-order valence-corrected chi connectivity index (χ0v) is 16.3. The number of hydrogen-bond donors (Lipinski definition) is 0. The highest BCUT2D eigenvalue weighted by Gasteiger charge is 2.51. The Labute approximate surface area is 165 Å². The summed E-state index contributed by atoms with van der Waals surface area (Å²) in [6.07, 6.45) is 3.14. The van der Waals surface area contributed by atoms with Gasteiger partial charge in [0.1, 0.15) is 5.75 Å². The van der Waals surface area contributed by atoms with Gasteiger partial charge in [-0.15, -0.1) is 0 Å². The normalized spacial score (nSPS) is 24.1. The van der Waals surface area contributed by atoms with Crippen molar-refractivity contribution in [1.29, 1.82) is 0 Å². The van der Waals surface area contributed by atoms with Gasteiger partial charge in [-0.25, -0.2) is 8.78 Å². The molecule has 2 fully saturated rings. The van der Waals surface area contributed by atoms with E-state index in [1.807, 2.05) is 29.2 Å². The Hall–Kier alpha value is -1.95. The first-order valence-electron chi connectivity index (χ1n) is 9.10. The third kappa shape index (κ3) is 3.59. The summed E-state index contributed by atoms with van der Waals surface area (Å²) < 4.78 is 33.3. The predicted octanol–water partition coefficient (Wildman–Crippen LogP) is 5.05. The maximum atomic E-state index is 13.4. The van der Waals surface area contributed by atoms with E-state index in [1.165, 1.54) is 6.07 Å². The van der Waals surface area contributed by atoms with Crippen LogP contribution in [0.2, 0.25) is 0 Å². The molecule has 0 bridgehead atoms. The maximum absolute atomic E-state index is 13.4. The van der Waals surface area contributed by atoms with Gasteiger partial charge in [0, 0.05) is 34.6 Å². The molecular formula is C21H20BrF2NO2. The number of ether oxygens (including phenoxy) is 1. The number of benzene rings is 2. The highest BCUT2D eigenvalue weighted by Crippen LogP contribution is 2.49. The SMILES string of the molecule is O=C(c1ccc(Br)cc1)N1CC2CCCC2(COc2ccc(F)c(F)c2)C1. The third-order valence-corrected chi connectivity index (χ3v) is 6.36. The van der Waals surface area contributed by atoms with Crippen molar-refractivity contribution >= 4 is 21.8 Å². The van der Waals surface area contributed by atoms with Gasteiger partial charge in [-0.3, -0.25) is 4.79 Å². The minimum atomic E-state index is -0.911. The van der Waals surface area contributed by atoms with Gasteiger partial charge >= 0.3 is 0 Å². The number of halogens is 3. The Morgan fingerprint density at radius 2 is 1.96 bits per heavy atom. The van der Waals surface area contributed by atoms with Crippen LogP contribution in [0.25, 0.3) is 0 Å². The second-order valence-corrected chi connectivity index (χ2v) is 8.42. The molecule has 0 radical (unpaired) electrons. The first kappa shape index (κ1) is 18.4. The lowest BCUT2D eigenvalue weighted by Gasteiger charge is -2.28. The summed E-state index contributed by atoms with van der Waals surface area (Å²) in [6.45, 7) is 1.76. The Morgan fingerprint density at radius 3 is 2.70 bits per heavy atom. The topological polar surface area (TPSA) is 29.5 Å². The summed E-state index contributed by atoms with van der Waals surface area (Å²) in [5, 5.41) is 0. The van der Waals surface area contributed by atoms with E-state index in [9.17, 15) is 13.6 Å². The number of hydrogen-bond acceptors (Lipinski definition) is 2. The molecule has 2 aromatic carbocycles. The highest BCUT2D eigenvalue weighted by molar-refractivity contribution is 9.10. The number of rotatable bonds is 4. The second-order valence-electron chi connectivity index (χ2n) is 7.51. The van der Waals surface area contributed by atoms with Gasteiger partial charge in [-0.1, -0.05) is 22.4 Å². The molecule has 2 aliphatic rings. The average Bonchev–Trinajstić information content (AvgIpc) is 3.20. The summed E-state index contributed by atoms with van der Waals surface area (Å²) in [4.78, 5) is 14.8. The van der Waals surface area contributed by atoms with Crippen LogP contribution in [0.15, 0.2) is 46.9 Å². The number of carbonyl (C=O) groups is 1. The molecule has 0 aromatic heterocycles. The van der Waals surface area contributed by atoms with Crippen LogP contribution in [0.3, 0.4) is 0 Å². The standard InChI is InChI=1S/C21H20BrF2NO2/c22-16-5-3-14(4-6-16)20(26)25-11-15-2-1-9-21(15,12-25)13-27-17-7-8-18(23)19(24)10-17/h3-8,10,15H,1-2,9,11-13H2. The van der Waals surface area contributed by atoms with Crippen molar-refractivity contribution in [2.45, 2.75) is 19.3 Å². The van der Waals surface area contributed by atoms with E-state index in [1.54, 1.807) is 0 Å². The molecule has 3 nitrogen and oxygen atoms in total. The predicted molar refractivity (Wildman–Crippen MR) is 102 cm³/mol. The summed E-state index contributed by atoms with van der Waals surface area (Å²) in [5.41, 5.74) is 0.561. The zero-order valence-electron chi connectivity index (χ0n) is 14.8. The van der Waals surface area contributed by atoms with E-state index < -0.39 is 11.6 Å². The van der Waals surface area contributed by atoms with Crippen molar-refractivity contribution in [2.24, 2.45) is 11.3 Å². The number of amides is 1. The molecule has 6 heteroatoms. The molecule has 1 aliphatic heterocycles. The lowest BCUT2D eigenvalue weighted by atomic mass is 9.81. The van der Waals surface area contributed by atoms with Crippen molar-refractivity contribution in [3.63, 3.8) is 0 Å². The lowest BCUT2D eigenvalue weighted by molar-refractivity contribution is 0.0746. The van der Waals surface area contributed by atoms with Crippen LogP contribution in [0.5, 0.6) is 5.75 Å². The molecule has 2 unspecified atom stereocenters. The summed E-state index contributed by atoms with van der Waals surface area (Å²) in [5.74, 6) is -1.06. The van der Waals surface area contributed by atoms with Crippen LogP contribution in [0.1, 0.15) is 29.6 Å². The smallest absolute Gasteiger partial charge is 0.253 e. The average molecular weight is 436 g/mol. The van der Waals surface area contributed by atoms with Gasteiger partial charge in [-0.2, -0.15) is 0 Å². The van der Waals surface area contributed by atoms with Crippen molar-refractivity contribution in [3.8, 4) is 5.75 Å². The summed E-state index contributed by atoms with van der Waals surface area (Å²) >= 11 is 3.39. The molecule has 4 rings (SSSR count). The molecule has 27 heavy (non-hydrogen) atoms. The monoisotopic (exact) mass is 435 g/mol. The van der Waals surface area contributed by atoms with E-state index in [0.717, 1.165) is 42.4 Å². The molecule has 2 aromatic rings. The van der Waals surface area contributed by atoms with Crippen molar-refractivity contribution in [3.05, 3.63) is 64.1 Å². The van der Waals surface area contributed by atoms with E-state index >= 15 is 0 Å². The maximum Gasteiger partial charge on any atom is 0.253 e. The minimum Gasteiger partial charge on any atom is -0.493 e. The fourth-order valence-electron chi connectivity index (χ4n) is 4.37. The molecule has 2 atom stereocenters. The first-order chi connectivity index (χ1) is 13.0. The molecule has 142 valence electrons. The molecular weight excluding hydrogens is 416 g/mol. The first-order valence-corrected chi connectivity index (χ1v) is 9.89. The van der Waals surface area contributed by atoms with Crippen LogP contribution in [0, 0.1) is 23.0 Å². The summed E-state index contributed by atoms with van der Waals surface area (Å²) in [7, 11) is 0. The van der Waals surface area contributed by atoms with Gasteiger partial charge < -0.3 is 9.64 Å². The Balaban J connectivity index is 1.47. The molecule has 1 heterocycles. The van der Waals surface area contributed by atoms with Crippen LogP contribution >= 0.6 is 15.9 Å². The Morgan fingerprint density at radius 1 is 1.19 bits per heavy atom. The van der Waals surface area contributed by atoms with Gasteiger partial charge in [0.05, 0.1) is 6.61 Å². The van der Waals surface area contributed by atoms with Gasteiger partial charge in [0.2, 0.25) is 0 Å². The van der Waals surface area contributed by atoms with E-state index in [2.05, 4.69) is 15.9 Å². The zero-order chi connectivity index (χ0) is 19.0. The van der Waals surface area contributed by atoms with E-state index in [0.29, 0.717) is 30.4 Å². The fraction of sp³-hybridized carbons (Fsp3) is 0.381. The Bertz CT molecular complexity index is 858. The quantitative estimate of drug-likeness (QED) is 0.672. The van der Waals surface area contributed by atoms with Crippen molar-refractivity contribution in [2.75, 3.05) is 19.7 Å². The number of nitrogens with zero attached hydrogens (tertiary/aromatic N) is 1. The van der Waals surface area contributed by atoms with Crippen LogP contribution in [-0.4, -0.2) is 30.5 Å². The van der Waals surface area contributed by atoms with Crippen LogP contribution in [0.4, 0.5) is 8.78 Å². The van der Waals surface area contributed by atoms with Gasteiger partial charge in [-0.05, 0) is 55.2 Å². The van der Waals surface area contributed by atoms with Crippen LogP contribution < -0.4 is 4.74 Å². The Kier molecular flexibility index (Phi) is 4.93. The molecule has 1 saturated carbocycles. The summed E-state index contributed by atoms with van der Waals surface area (Å²) in [6, 6.07) is 11.0. The van der Waals surface area contributed by atoms with Gasteiger partial charge in [0.25, 0.3) is 5.91 Å². The fourth-order valence-corrected chi connectivity index (χ4v) is 4.64. The van der Waals surface area contributed by atoms with E-state index in [-0.39, 0.29) is 11.3 Å². The van der Waals surface area contributed by atoms with Crippen molar-refractivity contribution < 1.29 is 18.3 Å². The third-order valence-electron chi connectivity index (χ3n) is 5.84. The van der Waals surface area contributed by atoms with Crippen molar-refractivity contribution in [1.82, 2.24) is 4.90 Å².